The summed E-state index contributed by atoms with van der Waals surface area (Å²) in [5.41, 5.74) is 3.90. The SMILES string of the molecule is CCCC(C)N(C)Cc1cc(CNC(=O)c2cc3ccc(C)cc3s2)ccc1C=O. The zero-order valence-electron chi connectivity index (χ0n) is 18.2. The van der Waals surface area contributed by atoms with Crippen molar-refractivity contribution in [1.29, 1.82) is 0 Å². The highest BCUT2D eigenvalue weighted by Crippen LogP contribution is 2.26. The fraction of sp³-hybridized carbons (Fsp3) is 0.360. The monoisotopic (exact) mass is 422 g/mol. The lowest BCUT2D eigenvalue weighted by Gasteiger charge is -2.25. The quantitative estimate of drug-likeness (QED) is 0.459. The van der Waals surface area contributed by atoms with Gasteiger partial charge in [-0.3, -0.25) is 14.5 Å². The van der Waals surface area contributed by atoms with Crippen molar-refractivity contribution in [2.24, 2.45) is 0 Å². The number of thiophene rings is 1. The van der Waals surface area contributed by atoms with Gasteiger partial charge in [0, 0.05) is 29.4 Å². The number of aldehydes is 1. The second-order valence-corrected chi connectivity index (χ2v) is 9.12. The lowest BCUT2D eigenvalue weighted by Crippen LogP contribution is -2.29. The average Bonchev–Trinajstić information content (AvgIpc) is 3.15. The van der Waals surface area contributed by atoms with Crippen LogP contribution in [-0.2, 0) is 13.1 Å². The average molecular weight is 423 g/mol. The molecule has 3 aromatic rings. The molecule has 1 heterocycles. The number of rotatable bonds is 9. The van der Waals surface area contributed by atoms with Crippen molar-refractivity contribution in [3.63, 3.8) is 0 Å². The van der Waals surface area contributed by atoms with Crippen LogP contribution in [0, 0.1) is 6.92 Å². The van der Waals surface area contributed by atoms with Gasteiger partial charge in [-0.2, -0.15) is 0 Å². The first kappa shape index (κ1) is 22.2. The molecule has 1 atom stereocenters. The van der Waals surface area contributed by atoms with E-state index in [9.17, 15) is 9.59 Å². The smallest absolute Gasteiger partial charge is 0.261 e. The van der Waals surface area contributed by atoms with Crippen molar-refractivity contribution in [3.05, 3.63) is 69.6 Å². The number of aryl methyl sites for hydroxylation is 1. The Morgan fingerprint density at radius 3 is 2.73 bits per heavy atom. The minimum atomic E-state index is -0.0662. The molecule has 0 saturated carbocycles. The van der Waals surface area contributed by atoms with E-state index >= 15 is 0 Å². The van der Waals surface area contributed by atoms with Crippen LogP contribution in [0.25, 0.3) is 10.1 Å². The molecule has 0 saturated heterocycles. The number of hydrogen-bond donors (Lipinski definition) is 1. The molecule has 1 amide bonds. The third kappa shape index (κ3) is 5.35. The molecule has 2 aromatic carbocycles. The zero-order valence-corrected chi connectivity index (χ0v) is 19.0. The maximum Gasteiger partial charge on any atom is 0.261 e. The standard InChI is InChI=1S/C25H30N2O2S/c1-5-6-18(3)27(4)15-22-12-19(8-10-21(22)16-28)14-26-25(29)24-13-20-9-7-17(2)11-23(20)30-24/h7-13,16,18H,5-6,14-15H2,1-4H3,(H,26,29). The van der Waals surface area contributed by atoms with Crippen LogP contribution in [0.3, 0.4) is 0 Å². The van der Waals surface area contributed by atoms with Crippen LogP contribution in [0.2, 0.25) is 0 Å². The van der Waals surface area contributed by atoms with Gasteiger partial charge in [0.05, 0.1) is 4.88 Å². The van der Waals surface area contributed by atoms with E-state index in [1.807, 2.05) is 24.3 Å². The molecule has 4 nitrogen and oxygen atoms in total. The zero-order chi connectivity index (χ0) is 21.7. The molecule has 3 rings (SSSR count). The Balaban J connectivity index is 1.69. The molecule has 0 aliphatic heterocycles. The van der Waals surface area contributed by atoms with E-state index in [0.717, 1.165) is 40.3 Å². The van der Waals surface area contributed by atoms with Crippen molar-refractivity contribution < 1.29 is 9.59 Å². The van der Waals surface area contributed by atoms with Crippen molar-refractivity contribution in [3.8, 4) is 0 Å². The van der Waals surface area contributed by atoms with Crippen LogP contribution in [0.4, 0.5) is 0 Å². The number of nitrogens with one attached hydrogen (secondary N) is 1. The molecule has 5 heteroatoms. The topological polar surface area (TPSA) is 49.4 Å². The number of hydrogen-bond acceptors (Lipinski definition) is 4. The van der Waals surface area contributed by atoms with E-state index in [4.69, 9.17) is 0 Å². The molecule has 0 fully saturated rings. The van der Waals surface area contributed by atoms with Gasteiger partial charge in [0.25, 0.3) is 5.91 Å². The predicted molar refractivity (Wildman–Crippen MR) is 125 cm³/mol. The molecule has 0 aliphatic rings. The van der Waals surface area contributed by atoms with Crippen LogP contribution in [0.15, 0.2) is 42.5 Å². The first-order valence-electron chi connectivity index (χ1n) is 10.5. The minimum Gasteiger partial charge on any atom is -0.347 e. The number of carbonyl (C=O) groups excluding carboxylic acids is 2. The first-order chi connectivity index (χ1) is 14.4. The molecular formula is C25H30N2O2S. The Bertz CT molecular complexity index is 1040. The summed E-state index contributed by atoms with van der Waals surface area (Å²) >= 11 is 1.52. The second-order valence-electron chi connectivity index (χ2n) is 8.04. The predicted octanol–water partition coefficient (Wildman–Crippen LogP) is 5.57. The van der Waals surface area contributed by atoms with Gasteiger partial charge in [0.2, 0.25) is 0 Å². The molecule has 30 heavy (non-hydrogen) atoms. The van der Waals surface area contributed by atoms with Crippen molar-refractivity contribution in [2.75, 3.05) is 7.05 Å². The molecule has 0 spiro atoms. The van der Waals surface area contributed by atoms with Crippen LogP contribution < -0.4 is 5.32 Å². The molecule has 1 N–H and O–H groups in total. The van der Waals surface area contributed by atoms with Gasteiger partial charge in [0.1, 0.15) is 6.29 Å². The van der Waals surface area contributed by atoms with Gasteiger partial charge in [-0.05, 0) is 61.5 Å². The first-order valence-corrected chi connectivity index (χ1v) is 11.3. The normalized spacial score (nSPS) is 12.3. The summed E-state index contributed by atoms with van der Waals surface area (Å²) in [6, 6.07) is 14.4. The molecule has 0 bridgehead atoms. The number of carbonyl (C=O) groups is 2. The third-order valence-electron chi connectivity index (χ3n) is 5.57. The van der Waals surface area contributed by atoms with Crippen LogP contribution in [0.1, 0.15) is 63.4 Å². The number of benzene rings is 2. The molecule has 1 unspecified atom stereocenters. The van der Waals surface area contributed by atoms with Gasteiger partial charge in [-0.25, -0.2) is 0 Å². The Morgan fingerprint density at radius 1 is 1.20 bits per heavy atom. The van der Waals surface area contributed by atoms with Crippen LogP contribution >= 0.6 is 11.3 Å². The highest BCUT2D eigenvalue weighted by atomic mass is 32.1. The summed E-state index contributed by atoms with van der Waals surface area (Å²) < 4.78 is 1.13. The van der Waals surface area contributed by atoms with Crippen molar-refractivity contribution >= 4 is 33.6 Å². The van der Waals surface area contributed by atoms with E-state index in [1.165, 1.54) is 16.9 Å². The molecular weight excluding hydrogens is 392 g/mol. The maximum atomic E-state index is 12.7. The van der Waals surface area contributed by atoms with E-state index in [1.54, 1.807) is 0 Å². The summed E-state index contributed by atoms with van der Waals surface area (Å²) in [5.74, 6) is -0.0662. The molecule has 0 aliphatic carbocycles. The number of fused-ring (bicyclic) bond motifs is 1. The molecule has 1 aromatic heterocycles. The van der Waals surface area contributed by atoms with E-state index in [0.29, 0.717) is 29.6 Å². The highest BCUT2D eigenvalue weighted by Gasteiger charge is 2.13. The van der Waals surface area contributed by atoms with Crippen molar-refractivity contribution in [2.45, 2.75) is 52.7 Å². The van der Waals surface area contributed by atoms with Gasteiger partial charge < -0.3 is 5.32 Å². The molecule has 158 valence electrons. The Labute approximate surface area is 182 Å². The van der Waals surface area contributed by atoms with Crippen molar-refractivity contribution in [1.82, 2.24) is 10.2 Å². The minimum absolute atomic E-state index is 0.0662. The highest BCUT2D eigenvalue weighted by molar-refractivity contribution is 7.20. The maximum absolute atomic E-state index is 12.7. The lowest BCUT2D eigenvalue weighted by atomic mass is 10.0. The number of amides is 1. The third-order valence-corrected chi connectivity index (χ3v) is 6.66. The summed E-state index contributed by atoms with van der Waals surface area (Å²) in [6.07, 6.45) is 3.17. The summed E-state index contributed by atoms with van der Waals surface area (Å²) in [4.78, 5) is 27.1. The van der Waals surface area contributed by atoms with Crippen LogP contribution in [0.5, 0.6) is 0 Å². The van der Waals surface area contributed by atoms with E-state index in [2.05, 4.69) is 56.2 Å². The van der Waals surface area contributed by atoms with Gasteiger partial charge >= 0.3 is 0 Å². The molecule has 0 radical (unpaired) electrons. The van der Waals surface area contributed by atoms with Crippen LogP contribution in [-0.4, -0.2) is 30.2 Å². The Hall–Kier alpha value is -2.50. The fourth-order valence-electron chi connectivity index (χ4n) is 3.60. The van der Waals surface area contributed by atoms with Gasteiger partial charge in [-0.15, -0.1) is 11.3 Å². The summed E-state index contributed by atoms with van der Waals surface area (Å²) in [7, 11) is 2.09. The largest absolute Gasteiger partial charge is 0.347 e. The van der Waals surface area contributed by atoms with E-state index < -0.39 is 0 Å². The summed E-state index contributed by atoms with van der Waals surface area (Å²) in [6.45, 7) is 7.60. The Kier molecular flexibility index (Phi) is 7.40. The fourth-order valence-corrected chi connectivity index (χ4v) is 4.68. The summed E-state index contributed by atoms with van der Waals surface area (Å²) in [5, 5.41) is 4.12. The van der Waals surface area contributed by atoms with E-state index in [-0.39, 0.29) is 5.91 Å². The van der Waals surface area contributed by atoms with Gasteiger partial charge in [-0.1, -0.05) is 43.7 Å². The number of nitrogens with zero attached hydrogens (tertiary/aromatic N) is 1. The second kappa shape index (κ2) is 10.0. The van der Waals surface area contributed by atoms with Gasteiger partial charge in [0.15, 0.2) is 0 Å². The Morgan fingerprint density at radius 2 is 2.00 bits per heavy atom. The lowest BCUT2D eigenvalue weighted by molar-refractivity contribution is 0.0954.